The number of rotatable bonds is 10. The third-order valence-electron chi connectivity index (χ3n) is 4.36. The van der Waals surface area contributed by atoms with E-state index in [1.54, 1.807) is 0 Å². The fourth-order valence-electron chi connectivity index (χ4n) is 2.98. The van der Waals surface area contributed by atoms with Crippen molar-refractivity contribution < 1.29 is 9.53 Å². The molecule has 3 heteroatoms. The Morgan fingerprint density at radius 2 is 2.13 bits per heavy atom. The van der Waals surface area contributed by atoms with E-state index >= 15 is 0 Å². The fraction of sp³-hybridized carbons (Fsp3) is 0.750. The van der Waals surface area contributed by atoms with E-state index in [9.17, 15) is 4.79 Å². The second-order valence-corrected chi connectivity index (χ2v) is 7.95. The van der Waals surface area contributed by atoms with Crippen LogP contribution in [0.1, 0.15) is 73.1 Å². The highest BCUT2D eigenvalue weighted by atomic mass is 16.5. The molecule has 1 aliphatic rings. The molecule has 1 rings (SSSR count). The number of unbranched alkanes of at least 4 members (excludes halogenated alkanes) is 1. The number of carbonyl (C=O) groups excluding carboxylic acids is 1. The summed E-state index contributed by atoms with van der Waals surface area (Å²) in [5.74, 6) is 1.20. The minimum Gasteiger partial charge on any atom is -0.472 e. The molecule has 23 heavy (non-hydrogen) atoms. The molecule has 3 atom stereocenters. The van der Waals surface area contributed by atoms with Gasteiger partial charge in [-0.2, -0.15) is 0 Å². The summed E-state index contributed by atoms with van der Waals surface area (Å²) in [5.41, 5.74) is -0.167. The summed E-state index contributed by atoms with van der Waals surface area (Å²) in [5, 5.41) is 3.24. The van der Waals surface area contributed by atoms with E-state index in [1.165, 1.54) is 12.8 Å². The van der Waals surface area contributed by atoms with Crippen LogP contribution in [0.4, 0.5) is 0 Å². The standard InChI is InChI=1S/C20H35NO2/c1-7-8-11-15(2)14-18(22)19(20(4,5)6)21-16(3)23-17-12-9-10-13-17/h9,12,15,17,19,21H,3,7-8,10-11,13-14H2,1-2,4-6H3. The largest absolute Gasteiger partial charge is 0.472 e. The Kier molecular flexibility index (Phi) is 7.87. The van der Waals surface area contributed by atoms with Crippen LogP contribution in [0.2, 0.25) is 0 Å². The second kappa shape index (κ2) is 9.14. The van der Waals surface area contributed by atoms with Gasteiger partial charge in [0.25, 0.3) is 0 Å². The smallest absolute Gasteiger partial charge is 0.180 e. The molecule has 0 aromatic heterocycles. The lowest BCUT2D eigenvalue weighted by Crippen LogP contribution is -2.47. The summed E-state index contributed by atoms with van der Waals surface area (Å²) in [6, 6.07) is -0.260. The third-order valence-corrected chi connectivity index (χ3v) is 4.36. The van der Waals surface area contributed by atoms with Gasteiger partial charge in [0.2, 0.25) is 0 Å². The van der Waals surface area contributed by atoms with Gasteiger partial charge in [-0.25, -0.2) is 0 Å². The average molecular weight is 322 g/mol. The van der Waals surface area contributed by atoms with Gasteiger partial charge in [-0.15, -0.1) is 0 Å². The van der Waals surface area contributed by atoms with Gasteiger partial charge in [0.1, 0.15) is 6.10 Å². The Bertz CT molecular complexity index is 420. The Labute approximate surface area is 142 Å². The summed E-state index contributed by atoms with van der Waals surface area (Å²) >= 11 is 0. The molecule has 0 fully saturated rings. The van der Waals surface area contributed by atoms with Crippen LogP contribution >= 0.6 is 0 Å². The molecule has 0 spiro atoms. The number of nitrogens with one attached hydrogen (secondary N) is 1. The van der Waals surface area contributed by atoms with Crippen LogP contribution in [0, 0.1) is 11.3 Å². The summed E-state index contributed by atoms with van der Waals surface area (Å²) < 4.78 is 5.81. The minimum atomic E-state index is -0.260. The van der Waals surface area contributed by atoms with Crippen LogP contribution in [-0.4, -0.2) is 17.9 Å². The highest BCUT2D eigenvalue weighted by molar-refractivity contribution is 5.85. The van der Waals surface area contributed by atoms with Crippen molar-refractivity contribution in [3.63, 3.8) is 0 Å². The zero-order valence-electron chi connectivity index (χ0n) is 15.7. The molecule has 0 aromatic carbocycles. The number of Topliss-reactive ketones (excluding diaryl/α,β-unsaturated/α-hetero) is 1. The molecule has 0 bridgehead atoms. The summed E-state index contributed by atoms with van der Waals surface area (Å²) in [6.07, 6.45) is 10.4. The first-order valence-corrected chi connectivity index (χ1v) is 9.05. The molecule has 1 aliphatic carbocycles. The van der Waals surface area contributed by atoms with Crippen molar-refractivity contribution in [3.05, 3.63) is 24.6 Å². The Morgan fingerprint density at radius 1 is 1.43 bits per heavy atom. The van der Waals surface area contributed by atoms with E-state index in [2.05, 4.69) is 58.7 Å². The van der Waals surface area contributed by atoms with Crippen LogP contribution in [0.25, 0.3) is 0 Å². The first kappa shape index (κ1) is 19.8. The van der Waals surface area contributed by atoms with Gasteiger partial charge < -0.3 is 10.1 Å². The van der Waals surface area contributed by atoms with Crippen molar-refractivity contribution in [2.75, 3.05) is 0 Å². The first-order chi connectivity index (χ1) is 10.7. The van der Waals surface area contributed by atoms with Gasteiger partial charge in [-0.3, -0.25) is 4.79 Å². The molecular formula is C20H35NO2. The van der Waals surface area contributed by atoms with Gasteiger partial charge in [0.05, 0.1) is 6.04 Å². The van der Waals surface area contributed by atoms with Crippen LogP contribution < -0.4 is 5.32 Å². The Balaban J connectivity index is 2.59. The van der Waals surface area contributed by atoms with E-state index in [0.29, 0.717) is 18.2 Å². The topological polar surface area (TPSA) is 38.3 Å². The SMILES string of the molecule is C=C(NC(C(=O)CC(C)CCCC)C(C)(C)C)OC1C=CCC1. The fourth-order valence-corrected chi connectivity index (χ4v) is 2.98. The lowest BCUT2D eigenvalue weighted by atomic mass is 9.81. The number of allylic oxidation sites excluding steroid dienone is 1. The lowest BCUT2D eigenvalue weighted by molar-refractivity contribution is -0.124. The highest BCUT2D eigenvalue weighted by Gasteiger charge is 2.32. The highest BCUT2D eigenvalue weighted by Crippen LogP contribution is 2.25. The molecule has 0 amide bonds. The zero-order chi connectivity index (χ0) is 17.5. The third kappa shape index (κ3) is 7.24. The van der Waals surface area contributed by atoms with Crippen molar-refractivity contribution in [2.24, 2.45) is 11.3 Å². The number of ketones is 1. The number of hydrogen-bond donors (Lipinski definition) is 1. The van der Waals surface area contributed by atoms with Gasteiger partial charge in [-0.1, -0.05) is 60.0 Å². The summed E-state index contributed by atoms with van der Waals surface area (Å²) in [6.45, 7) is 14.6. The quantitative estimate of drug-likeness (QED) is 0.455. The Morgan fingerprint density at radius 3 is 2.65 bits per heavy atom. The average Bonchev–Trinajstić information content (AvgIpc) is 2.94. The molecule has 3 unspecified atom stereocenters. The predicted molar refractivity (Wildman–Crippen MR) is 97.1 cm³/mol. The van der Waals surface area contributed by atoms with Crippen molar-refractivity contribution in [1.82, 2.24) is 5.32 Å². The molecule has 0 heterocycles. The molecule has 132 valence electrons. The lowest BCUT2D eigenvalue weighted by Gasteiger charge is -2.32. The summed E-state index contributed by atoms with van der Waals surface area (Å²) in [7, 11) is 0. The van der Waals surface area contributed by atoms with Gasteiger partial charge in [0, 0.05) is 6.42 Å². The van der Waals surface area contributed by atoms with Crippen molar-refractivity contribution >= 4 is 5.78 Å². The van der Waals surface area contributed by atoms with E-state index < -0.39 is 0 Å². The van der Waals surface area contributed by atoms with Crippen molar-refractivity contribution in [1.29, 1.82) is 0 Å². The second-order valence-electron chi connectivity index (χ2n) is 7.95. The molecule has 0 aliphatic heterocycles. The van der Waals surface area contributed by atoms with E-state index in [4.69, 9.17) is 4.74 Å². The monoisotopic (exact) mass is 321 g/mol. The maximum absolute atomic E-state index is 12.8. The van der Waals surface area contributed by atoms with Crippen LogP contribution in [0.15, 0.2) is 24.6 Å². The van der Waals surface area contributed by atoms with Crippen molar-refractivity contribution in [2.45, 2.75) is 85.3 Å². The minimum absolute atomic E-state index is 0.0919. The predicted octanol–water partition coefficient (Wildman–Crippen LogP) is 4.98. The maximum Gasteiger partial charge on any atom is 0.180 e. The zero-order valence-corrected chi connectivity index (χ0v) is 15.7. The Hall–Kier alpha value is -1.25. The van der Waals surface area contributed by atoms with Crippen LogP contribution in [0.3, 0.4) is 0 Å². The maximum atomic E-state index is 12.8. The normalized spacial score (nSPS) is 20.1. The van der Waals surface area contributed by atoms with Gasteiger partial charge in [-0.05, 0) is 36.8 Å². The van der Waals surface area contributed by atoms with Crippen molar-refractivity contribution in [3.8, 4) is 0 Å². The van der Waals surface area contributed by atoms with Gasteiger partial charge in [0.15, 0.2) is 11.7 Å². The molecule has 0 saturated carbocycles. The van der Waals surface area contributed by atoms with Crippen LogP contribution in [-0.2, 0) is 9.53 Å². The number of carbonyl (C=O) groups is 1. The molecule has 0 saturated heterocycles. The number of hydrogen-bond acceptors (Lipinski definition) is 3. The van der Waals surface area contributed by atoms with E-state index in [-0.39, 0.29) is 23.3 Å². The molecule has 3 nitrogen and oxygen atoms in total. The van der Waals surface area contributed by atoms with E-state index in [0.717, 1.165) is 19.3 Å². The van der Waals surface area contributed by atoms with E-state index in [1.807, 2.05) is 0 Å². The molecule has 1 N–H and O–H groups in total. The summed E-state index contributed by atoms with van der Waals surface area (Å²) in [4.78, 5) is 12.8. The molecular weight excluding hydrogens is 286 g/mol. The van der Waals surface area contributed by atoms with Gasteiger partial charge >= 0.3 is 0 Å². The molecule has 0 aromatic rings. The number of ether oxygens (including phenoxy) is 1. The van der Waals surface area contributed by atoms with Crippen LogP contribution in [0.5, 0.6) is 0 Å². The first-order valence-electron chi connectivity index (χ1n) is 9.05. The molecule has 0 radical (unpaired) electrons.